The molecule has 1 amide bonds. The minimum absolute atomic E-state index is 0.158. The van der Waals surface area contributed by atoms with Gasteiger partial charge in [0.05, 0.1) is 18.0 Å². The Balaban J connectivity index is 0.000000159. The normalized spacial score (nSPS) is 17.3. The summed E-state index contributed by atoms with van der Waals surface area (Å²) in [7, 11) is 2.16. The van der Waals surface area contributed by atoms with Crippen molar-refractivity contribution in [3.63, 3.8) is 0 Å². The van der Waals surface area contributed by atoms with Gasteiger partial charge in [0.1, 0.15) is 11.6 Å². The van der Waals surface area contributed by atoms with Crippen molar-refractivity contribution in [2.75, 3.05) is 39.8 Å². The fourth-order valence-corrected chi connectivity index (χ4v) is 7.80. The molecule has 0 spiro atoms. The summed E-state index contributed by atoms with van der Waals surface area (Å²) in [5.41, 5.74) is 13.8. The molecule has 2 aromatic heterocycles. The summed E-state index contributed by atoms with van der Waals surface area (Å²) in [5, 5.41) is 0. The number of aromatic nitrogens is 2. The van der Waals surface area contributed by atoms with E-state index in [2.05, 4.69) is 34.0 Å². The molecule has 0 unspecified atom stereocenters. The molecule has 2 aromatic carbocycles. The van der Waals surface area contributed by atoms with Crippen molar-refractivity contribution >= 4 is 17.2 Å². The Morgan fingerprint density at radius 3 is 1.60 bits per heavy atom. The number of piperidine rings is 2. The van der Waals surface area contributed by atoms with Crippen LogP contribution in [0.15, 0.2) is 84.2 Å². The molecule has 2 aliphatic carbocycles. The van der Waals surface area contributed by atoms with Crippen LogP contribution < -0.4 is 0 Å². The number of aryl methyl sites for hydroxylation is 4. The summed E-state index contributed by atoms with van der Waals surface area (Å²) in [6.07, 6.45) is 10.7. The number of hydrogen-bond donors (Lipinski definition) is 0. The number of benzene rings is 2. The zero-order valence-corrected chi connectivity index (χ0v) is 29.0. The van der Waals surface area contributed by atoms with Crippen LogP contribution in [0, 0.1) is 11.6 Å². The summed E-state index contributed by atoms with van der Waals surface area (Å²) in [6.45, 7) is 5.55. The summed E-state index contributed by atoms with van der Waals surface area (Å²) < 4.78 is 33.2. The van der Waals surface area contributed by atoms with Gasteiger partial charge in [0, 0.05) is 49.7 Å². The molecular formula is C42H44F2N4O2. The highest BCUT2D eigenvalue weighted by molar-refractivity contribution is 5.85. The Morgan fingerprint density at radius 2 is 1.12 bits per heavy atom. The minimum atomic E-state index is -0.257. The van der Waals surface area contributed by atoms with Crippen LogP contribution in [0.5, 0.6) is 0 Å². The van der Waals surface area contributed by atoms with E-state index in [-0.39, 0.29) is 17.7 Å². The maximum absolute atomic E-state index is 14.1. The van der Waals surface area contributed by atoms with Crippen molar-refractivity contribution in [2.24, 2.45) is 0 Å². The summed E-state index contributed by atoms with van der Waals surface area (Å²) >= 11 is 0. The molecule has 0 N–H and O–H groups in total. The molecule has 4 heterocycles. The zero-order valence-electron chi connectivity index (χ0n) is 29.0. The van der Waals surface area contributed by atoms with E-state index in [4.69, 9.17) is 4.74 Å². The molecule has 8 heteroatoms. The predicted octanol–water partition coefficient (Wildman–Crippen LogP) is 8.22. The standard InChI is InChI=1S/C22H23FN2O2.C20H21FN2/c1-2-27-22(26)25-12-9-16(10-13-25)20-19-14-18(23)8-7-15(19)5-6-17-4-3-11-24-21(17)20;1-23-11-8-15(9-12-23)19-18-13-17(21)7-6-14(18)4-5-16-3-2-10-22-20(16)19/h3-4,7-8,11,14H,2,5-6,9-10,12-13H2,1H3;2-3,6-7,10,13H,4-5,8-9,11-12H2,1H3. The van der Waals surface area contributed by atoms with E-state index in [0.29, 0.717) is 19.7 Å². The largest absolute Gasteiger partial charge is 0.450 e. The number of carbonyl (C=O) groups is 1. The third-order valence-electron chi connectivity index (χ3n) is 10.5. The van der Waals surface area contributed by atoms with Crippen LogP contribution in [0.4, 0.5) is 13.6 Å². The lowest BCUT2D eigenvalue weighted by molar-refractivity contribution is 0.104. The van der Waals surface area contributed by atoms with Crippen LogP contribution in [0.1, 0.15) is 77.4 Å². The van der Waals surface area contributed by atoms with Gasteiger partial charge in [-0.3, -0.25) is 9.97 Å². The van der Waals surface area contributed by atoms with Gasteiger partial charge in [-0.15, -0.1) is 0 Å². The van der Waals surface area contributed by atoms with Gasteiger partial charge in [0.2, 0.25) is 0 Å². The summed E-state index contributed by atoms with van der Waals surface area (Å²) in [5.74, 6) is -0.385. The molecule has 0 radical (unpaired) electrons. The van der Waals surface area contributed by atoms with Gasteiger partial charge in [0.15, 0.2) is 0 Å². The average molecular weight is 675 g/mol. The highest BCUT2D eigenvalue weighted by atomic mass is 19.1. The lowest BCUT2D eigenvalue weighted by atomic mass is 9.88. The van der Waals surface area contributed by atoms with Crippen LogP contribution in [-0.4, -0.2) is 65.7 Å². The smallest absolute Gasteiger partial charge is 0.409 e. The Kier molecular flexibility index (Phi) is 10.2. The van der Waals surface area contributed by atoms with E-state index in [0.717, 1.165) is 98.1 Å². The van der Waals surface area contributed by atoms with Gasteiger partial charge in [-0.05, 0) is 135 Å². The highest BCUT2D eigenvalue weighted by Gasteiger charge is 2.28. The summed E-state index contributed by atoms with van der Waals surface area (Å²) in [6, 6.07) is 18.6. The minimum Gasteiger partial charge on any atom is -0.450 e. The van der Waals surface area contributed by atoms with E-state index in [1.807, 2.05) is 37.4 Å². The number of hydrogen-bond acceptors (Lipinski definition) is 5. The molecule has 0 bridgehead atoms. The second-order valence-corrected chi connectivity index (χ2v) is 13.6. The number of amides is 1. The number of pyridine rings is 2. The van der Waals surface area contributed by atoms with Gasteiger partial charge < -0.3 is 14.5 Å². The molecule has 0 saturated carbocycles. The molecule has 8 rings (SSSR count). The molecule has 6 nitrogen and oxygen atoms in total. The molecule has 0 atom stereocenters. The van der Waals surface area contributed by atoms with E-state index >= 15 is 0 Å². The number of carbonyl (C=O) groups excluding carboxylic acids is 1. The Hall–Kier alpha value is -4.69. The van der Waals surface area contributed by atoms with Crippen LogP contribution in [0.3, 0.4) is 0 Å². The molecule has 4 aliphatic rings. The number of ether oxygens (including phenoxy) is 1. The van der Waals surface area contributed by atoms with Gasteiger partial charge in [-0.1, -0.05) is 35.4 Å². The number of rotatable bonds is 1. The van der Waals surface area contributed by atoms with Gasteiger partial charge >= 0.3 is 6.09 Å². The van der Waals surface area contributed by atoms with Gasteiger partial charge in [0.25, 0.3) is 0 Å². The van der Waals surface area contributed by atoms with Crippen LogP contribution in [0.2, 0.25) is 0 Å². The first-order valence-electron chi connectivity index (χ1n) is 17.9. The quantitative estimate of drug-likeness (QED) is 0.204. The van der Waals surface area contributed by atoms with Crippen molar-refractivity contribution in [2.45, 2.75) is 58.3 Å². The SMILES string of the molecule is CCOC(=O)N1CCC(=C2c3cc(F)ccc3CCc3cccnc32)CC1.CN1CCC(=C2c3cc(F)ccc3CCc3cccnc32)CC1. The maximum atomic E-state index is 14.1. The topological polar surface area (TPSA) is 58.6 Å². The average Bonchev–Trinajstić information content (AvgIpc) is 3.40. The molecule has 4 aromatic rings. The second kappa shape index (κ2) is 15.1. The van der Waals surface area contributed by atoms with Crippen molar-refractivity contribution in [1.29, 1.82) is 0 Å². The molecule has 50 heavy (non-hydrogen) atoms. The number of halogens is 2. The van der Waals surface area contributed by atoms with Crippen molar-refractivity contribution < 1.29 is 18.3 Å². The first-order chi connectivity index (χ1) is 24.4. The Bertz CT molecular complexity index is 1950. The maximum Gasteiger partial charge on any atom is 0.409 e. The third-order valence-corrected chi connectivity index (χ3v) is 10.5. The lowest BCUT2D eigenvalue weighted by Crippen LogP contribution is -2.37. The first-order valence-corrected chi connectivity index (χ1v) is 17.9. The number of likely N-dealkylation sites (tertiary alicyclic amines) is 2. The van der Waals surface area contributed by atoms with Crippen LogP contribution in [-0.2, 0) is 30.4 Å². The van der Waals surface area contributed by atoms with Crippen molar-refractivity contribution in [1.82, 2.24) is 19.8 Å². The summed E-state index contributed by atoms with van der Waals surface area (Å²) in [4.78, 5) is 25.5. The monoisotopic (exact) mass is 674 g/mol. The molecule has 258 valence electrons. The van der Waals surface area contributed by atoms with E-state index < -0.39 is 0 Å². The van der Waals surface area contributed by atoms with Crippen LogP contribution in [0.25, 0.3) is 11.1 Å². The fourth-order valence-electron chi connectivity index (χ4n) is 7.80. The number of nitrogens with zero attached hydrogens (tertiary/aromatic N) is 4. The van der Waals surface area contributed by atoms with E-state index in [1.54, 1.807) is 29.3 Å². The fraction of sp³-hybridized carbons (Fsp3) is 0.357. The van der Waals surface area contributed by atoms with E-state index in [1.165, 1.54) is 39.5 Å². The zero-order chi connectivity index (χ0) is 34.6. The van der Waals surface area contributed by atoms with Gasteiger partial charge in [-0.25, -0.2) is 13.6 Å². The molecular weight excluding hydrogens is 630 g/mol. The number of fused-ring (bicyclic) bond motifs is 4. The highest BCUT2D eigenvalue weighted by Crippen LogP contribution is 2.39. The molecule has 2 fully saturated rings. The predicted molar refractivity (Wildman–Crippen MR) is 193 cm³/mol. The van der Waals surface area contributed by atoms with Gasteiger partial charge in [-0.2, -0.15) is 0 Å². The van der Waals surface area contributed by atoms with Crippen molar-refractivity contribution in [3.05, 3.63) is 141 Å². The third kappa shape index (κ3) is 7.13. The molecule has 2 aliphatic heterocycles. The Morgan fingerprint density at radius 1 is 0.660 bits per heavy atom. The first kappa shape index (κ1) is 33.8. The molecule has 2 saturated heterocycles. The van der Waals surface area contributed by atoms with Crippen molar-refractivity contribution in [3.8, 4) is 0 Å². The van der Waals surface area contributed by atoms with Crippen LogP contribution >= 0.6 is 0 Å². The lowest BCUT2D eigenvalue weighted by Gasteiger charge is -2.29. The van der Waals surface area contributed by atoms with E-state index in [9.17, 15) is 13.6 Å². The Labute approximate surface area is 293 Å². The second-order valence-electron chi connectivity index (χ2n) is 13.6.